The van der Waals surface area contributed by atoms with Crippen LogP contribution in [-0.2, 0) is 25.5 Å². The summed E-state index contributed by atoms with van der Waals surface area (Å²) in [5, 5.41) is 5.07. The third-order valence-corrected chi connectivity index (χ3v) is 6.85. The van der Waals surface area contributed by atoms with Gasteiger partial charge in [-0.1, -0.05) is 0 Å². The molecule has 1 unspecified atom stereocenters. The minimum Gasteiger partial charge on any atom is -0.493 e. The number of aromatic nitrogens is 3. The van der Waals surface area contributed by atoms with Crippen LogP contribution in [0.2, 0.25) is 0 Å². The third kappa shape index (κ3) is 7.74. The number of carbonyl (C=O) groups is 1. The van der Waals surface area contributed by atoms with E-state index in [1.807, 2.05) is 18.2 Å². The number of anilines is 1. The second-order valence-electron chi connectivity index (χ2n) is 10.8. The van der Waals surface area contributed by atoms with E-state index >= 15 is 0 Å². The van der Waals surface area contributed by atoms with Crippen molar-refractivity contribution in [3.63, 3.8) is 0 Å². The quantitative estimate of drug-likeness (QED) is 0.198. The molecular formula is C29H35N5O7S. The molecule has 1 atom stereocenters. The highest BCUT2D eigenvalue weighted by Gasteiger charge is 2.21. The fourth-order valence-electron chi connectivity index (χ4n) is 4.39. The van der Waals surface area contributed by atoms with Gasteiger partial charge in [-0.25, -0.2) is 9.78 Å². The van der Waals surface area contributed by atoms with Crippen LogP contribution in [0.3, 0.4) is 0 Å². The molecule has 3 N–H and O–H groups in total. The van der Waals surface area contributed by atoms with E-state index in [0.29, 0.717) is 46.8 Å². The average Bonchev–Trinajstić information content (AvgIpc) is 2.92. The number of rotatable bonds is 10. The van der Waals surface area contributed by atoms with Gasteiger partial charge in [-0.3, -0.25) is 14.2 Å². The molecule has 0 saturated carbocycles. The Morgan fingerprint density at radius 3 is 2.38 bits per heavy atom. The van der Waals surface area contributed by atoms with E-state index in [2.05, 4.69) is 20.3 Å². The first kappa shape index (κ1) is 30.7. The number of nitrogens with zero attached hydrogens (tertiary/aromatic N) is 3. The van der Waals surface area contributed by atoms with Crippen molar-refractivity contribution in [1.82, 2.24) is 20.3 Å². The molecular weight excluding hydrogens is 562 g/mol. The van der Waals surface area contributed by atoms with Crippen LogP contribution in [0.1, 0.15) is 32.8 Å². The van der Waals surface area contributed by atoms with Crippen molar-refractivity contribution in [3.05, 3.63) is 48.4 Å². The number of ether oxygens (including phenoxy) is 3. The van der Waals surface area contributed by atoms with Gasteiger partial charge in [0.1, 0.15) is 11.4 Å². The number of aryl methyl sites for hydroxylation is 1. The predicted octanol–water partition coefficient (Wildman–Crippen LogP) is 4.25. The van der Waals surface area contributed by atoms with E-state index < -0.39 is 27.9 Å². The molecule has 42 heavy (non-hydrogen) atoms. The Morgan fingerprint density at radius 1 is 1.00 bits per heavy atom. The Balaban J connectivity index is 1.62. The van der Waals surface area contributed by atoms with Crippen LogP contribution >= 0.6 is 0 Å². The number of alkyl carbamates (subject to hydrolysis) is 1. The number of nitrogens with two attached hydrogens (primary N) is 1. The highest BCUT2D eigenvalue weighted by molar-refractivity contribution is 7.85. The lowest BCUT2D eigenvalue weighted by molar-refractivity contribution is 0.0485. The van der Waals surface area contributed by atoms with Gasteiger partial charge in [0.25, 0.3) is 10.1 Å². The van der Waals surface area contributed by atoms with Gasteiger partial charge in [0.15, 0.2) is 11.5 Å². The van der Waals surface area contributed by atoms with Crippen molar-refractivity contribution >= 4 is 43.7 Å². The van der Waals surface area contributed by atoms with Gasteiger partial charge in [0, 0.05) is 41.0 Å². The highest BCUT2D eigenvalue weighted by atomic mass is 32.2. The molecule has 0 fully saturated rings. The number of hydrogen-bond acceptors (Lipinski definition) is 11. The van der Waals surface area contributed by atoms with Crippen molar-refractivity contribution < 1.29 is 31.6 Å². The van der Waals surface area contributed by atoms with Gasteiger partial charge >= 0.3 is 6.09 Å². The van der Waals surface area contributed by atoms with Crippen LogP contribution in [0.25, 0.3) is 32.9 Å². The number of pyridine rings is 3. The van der Waals surface area contributed by atoms with Crippen molar-refractivity contribution in [3.8, 4) is 22.8 Å². The molecule has 4 rings (SSSR count). The fraction of sp³-hybridized carbons (Fsp3) is 0.379. The molecule has 1 amide bonds. The largest absolute Gasteiger partial charge is 0.493 e. The summed E-state index contributed by atoms with van der Waals surface area (Å²) < 4.78 is 44.4. The lowest BCUT2D eigenvalue weighted by atomic mass is 10.0. The Labute approximate surface area is 244 Å². The zero-order valence-electron chi connectivity index (χ0n) is 24.4. The van der Waals surface area contributed by atoms with Gasteiger partial charge in [-0.05, 0) is 62.8 Å². The Morgan fingerprint density at radius 2 is 1.71 bits per heavy atom. The predicted molar refractivity (Wildman–Crippen MR) is 160 cm³/mol. The molecule has 0 aliphatic rings. The third-order valence-electron chi connectivity index (χ3n) is 6.29. The summed E-state index contributed by atoms with van der Waals surface area (Å²) in [6.07, 6.45) is 6.19. The second kappa shape index (κ2) is 12.3. The smallest absolute Gasteiger partial charge is 0.407 e. The molecule has 0 bridgehead atoms. The van der Waals surface area contributed by atoms with Crippen LogP contribution in [0.15, 0.2) is 42.9 Å². The summed E-state index contributed by atoms with van der Waals surface area (Å²) in [7, 11) is -0.566. The first-order chi connectivity index (χ1) is 19.8. The number of fused-ring (bicyclic) bond motifs is 3. The van der Waals surface area contributed by atoms with E-state index in [9.17, 15) is 13.2 Å². The first-order valence-corrected chi connectivity index (χ1v) is 15.0. The summed E-state index contributed by atoms with van der Waals surface area (Å²) in [6, 6.07) is 6.89. The van der Waals surface area contributed by atoms with Crippen LogP contribution in [0, 0.1) is 0 Å². The van der Waals surface area contributed by atoms with Crippen molar-refractivity contribution in [2.24, 2.45) is 0 Å². The molecule has 3 heterocycles. The molecule has 0 aliphatic carbocycles. The summed E-state index contributed by atoms with van der Waals surface area (Å²) >= 11 is 0. The zero-order chi connectivity index (χ0) is 30.7. The minimum atomic E-state index is -3.71. The molecule has 224 valence electrons. The maximum Gasteiger partial charge on any atom is 0.407 e. The first-order valence-electron chi connectivity index (χ1n) is 13.2. The standard InChI is InChI=1S/C29H35N5O7S/c1-29(2,3)41-28(35)33-19(16-40-42(6,36)37)8-7-17-9-18(14-31-13-17)23-10-20-21-11-25(38-4)26(39-5)12-24(21)32-15-22(20)27(30)34-23/h9-15,19H,7-8,16H2,1-6H3,(H2,30,34)(H,33,35). The van der Waals surface area contributed by atoms with Gasteiger partial charge in [-0.2, -0.15) is 8.42 Å². The minimum absolute atomic E-state index is 0.233. The summed E-state index contributed by atoms with van der Waals surface area (Å²) in [5.74, 6) is 1.45. The fourth-order valence-corrected chi connectivity index (χ4v) is 4.80. The number of benzene rings is 1. The monoisotopic (exact) mass is 597 g/mol. The maximum absolute atomic E-state index is 12.4. The van der Waals surface area contributed by atoms with Crippen LogP contribution in [-0.4, -0.2) is 68.2 Å². The lowest BCUT2D eigenvalue weighted by Gasteiger charge is -2.23. The van der Waals surface area contributed by atoms with E-state index in [1.165, 1.54) is 0 Å². The molecule has 0 spiro atoms. The molecule has 13 heteroatoms. The molecule has 1 aromatic carbocycles. The van der Waals surface area contributed by atoms with E-state index in [0.717, 1.165) is 28.2 Å². The SMILES string of the molecule is COc1cc2ncc3c(N)nc(-c4cncc(CCC(COS(C)(=O)=O)NC(=O)OC(C)(C)C)c4)cc3c2cc1OC. The number of nitrogen functional groups attached to an aromatic ring is 1. The van der Waals surface area contributed by atoms with E-state index in [-0.39, 0.29) is 6.61 Å². The Bertz CT molecular complexity index is 1720. The average molecular weight is 598 g/mol. The molecule has 4 aromatic rings. The molecule has 0 saturated heterocycles. The molecule has 3 aromatic heterocycles. The van der Waals surface area contributed by atoms with Gasteiger partial charge in [0.05, 0.1) is 44.3 Å². The van der Waals surface area contributed by atoms with E-state index in [1.54, 1.807) is 59.6 Å². The van der Waals surface area contributed by atoms with Crippen LogP contribution in [0.5, 0.6) is 11.5 Å². The van der Waals surface area contributed by atoms with Crippen LogP contribution in [0.4, 0.5) is 10.6 Å². The topological polar surface area (TPSA) is 165 Å². The van der Waals surface area contributed by atoms with Gasteiger partial charge in [0.2, 0.25) is 0 Å². The van der Waals surface area contributed by atoms with Crippen molar-refractivity contribution in [1.29, 1.82) is 0 Å². The summed E-state index contributed by atoms with van der Waals surface area (Å²) in [4.78, 5) is 25.9. The second-order valence-corrected chi connectivity index (χ2v) is 12.4. The lowest BCUT2D eigenvalue weighted by Crippen LogP contribution is -2.42. The van der Waals surface area contributed by atoms with Gasteiger partial charge in [-0.15, -0.1) is 0 Å². The molecule has 0 radical (unpaired) electrons. The Kier molecular flexibility index (Phi) is 9.02. The summed E-state index contributed by atoms with van der Waals surface area (Å²) in [6.45, 7) is 4.99. The number of carbonyl (C=O) groups excluding carboxylic acids is 1. The zero-order valence-corrected chi connectivity index (χ0v) is 25.2. The van der Waals surface area contributed by atoms with Crippen LogP contribution < -0.4 is 20.5 Å². The maximum atomic E-state index is 12.4. The molecule has 12 nitrogen and oxygen atoms in total. The number of hydrogen-bond donors (Lipinski definition) is 2. The number of amides is 1. The van der Waals surface area contributed by atoms with Crippen molar-refractivity contribution in [2.75, 3.05) is 32.8 Å². The van der Waals surface area contributed by atoms with E-state index in [4.69, 9.17) is 24.1 Å². The normalized spacial score (nSPS) is 12.7. The highest BCUT2D eigenvalue weighted by Crippen LogP contribution is 2.37. The molecule has 0 aliphatic heterocycles. The summed E-state index contributed by atoms with van der Waals surface area (Å²) in [5.41, 5.74) is 8.55. The van der Waals surface area contributed by atoms with Crippen molar-refractivity contribution in [2.45, 2.75) is 45.3 Å². The van der Waals surface area contributed by atoms with Gasteiger partial charge < -0.3 is 25.3 Å². The number of nitrogens with one attached hydrogen (secondary N) is 1. The Hall–Kier alpha value is -4.23. The number of methoxy groups -OCH3 is 2.